The van der Waals surface area contributed by atoms with E-state index < -0.39 is 16.6 Å². The lowest BCUT2D eigenvalue weighted by molar-refractivity contribution is -0.539. The van der Waals surface area contributed by atoms with Gasteiger partial charge in [-0.25, -0.2) is 10.3 Å². The van der Waals surface area contributed by atoms with Crippen molar-refractivity contribution < 1.29 is 15.2 Å². The van der Waals surface area contributed by atoms with Crippen molar-refractivity contribution >= 4 is 11.5 Å². The van der Waals surface area contributed by atoms with E-state index in [2.05, 4.69) is 0 Å². The second-order valence-electron chi connectivity index (χ2n) is 8.06. The predicted octanol–water partition coefficient (Wildman–Crippen LogP) is 3.16. The first-order chi connectivity index (χ1) is 10.3. The summed E-state index contributed by atoms with van der Waals surface area (Å²) in [5.74, 6) is 0.157. The number of hydrogen-bond acceptors (Lipinski definition) is 4. The second kappa shape index (κ2) is 5.11. The van der Waals surface area contributed by atoms with Gasteiger partial charge in [-0.05, 0) is 66.7 Å². The van der Waals surface area contributed by atoms with Crippen LogP contribution in [0.15, 0.2) is 24.3 Å². The Kier molecular flexibility index (Phi) is 3.90. The van der Waals surface area contributed by atoms with E-state index in [1.54, 1.807) is 38.1 Å². The van der Waals surface area contributed by atoms with Crippen molar-refractivity contribution in [2.75, 3.05) is 5.06 Å². The van der Waals surface area contributed by atoms with E-state index in [4.69, 9.17) is 0 Å². The van der Waals surface area contributed by atoms with Crippen LogP contribution in [-0.4, -0.2) is 37.5 Å². The maximum absolute atomic E-state index is 12.7. The minimum atomic E-state index is -0.811. The lowest BCUT2D eigenvalue weighted by atomic mass is 9.84. The monoisotopic (exact) mass is 320 g/mol. The fourth-order valence-corrected chi connectivity index (χ4v) is 2.52. The van der Waals surface area contributed by atoms with E-state index in [1.807, 2.05) is 34.6 Å². The van der Waals surface area contributed by atoms with E-state index in [1.165, 1.54) is 0 Å². The zero-order valence-electron chi connectivity index (χ0n) is 14.9. The molecule has 0 saturated carbocycles. The number of anilines is 1. The van der Waals surface area contributed by atoms with Crippen LogP contribution in [0.1, 0.15) is 54.0 Å². The van der Waals surface area contributed by atoms with Crippen molar-refractivity contribution in [2.24, 2.45) is 0 Å². The molecular formula is C17H26N3O3. The molecule has 1 aliphatic rings. The molecule has 1 aliphatic heterocycles. The van der Waals surface area contributed by atoms with Gasteiger partial charge in [-0.2, -0.15) is 0 Å². The zero-order valence-corrected chi connectivity index (χ0v) is 14.9. The Morgan fingerprint density at radius 1 is 1.22 bits per heavy atom. The molecule has 0 aromatic heterocycles. The first-order valence-electron chi connectivity index (χ1n) is 7.73. The van der Waals surface area contributed by atoms with Crippen molar-refractivity contribution in [3.05, 3.63) is 35.0 Å². The highest BCUT2D eigenvalue weighted by atomic mass is 16.5. The summed E-state index contributed by atoms with van der Waals surface area (Å²) in [6, 6.07) is 6.78. The lowest BCUT2D eigenvalue weighted by Crippen LogP contribution is -2.53. The average Bonchev–Trinajstić information content (AvgIpc) is 2.56. The van der Waals surface area contributed by atoms with Gasteiger partial charge in [0.1, 0.15) is 5.54 Å². The Labute approximate surface area is 137 Å². The van der Waals surface area contributed by atoms with Crippen molar-refractivity contribution in [3.63, 3.8) is 0 Å². The Morgan fingerprint density at radius 2 is 1.78 bits per heavy atom. The molecule has 1 N–H and O–H groups in total. The van der Waals surface area contributed by atoms with Crippen LogP contribution in [0.25, 0.3) is 0 Å². The quantitative estimate of drug-likeness (QED) is 0.516. The molecule has 6 nitrogen and oxygen atoms in total. The zero-order chi connectivity index (χ0) is 17.8. The summed E-state index contributed by atoms with van der Waals surface area (Å²) in [7, 11) is 0. The molecule has 0 fully saturated rings. The molecule has 0 aliphatic carbocycles. The molecule has 0 amide bonds. The summed E-state index contributed by atoms with van der Waals surface area (Å²) >= 11 is 0. The van der Waals surface area contributed by atoms with Gasteiger partial charge in [-0.15, -0.1) is 5.06 Å². The molecule has 6 heteroatoms. The molecule has 23 heavy (non-hydrogen) atoms. The van der Waals surface area contributed by atoms with Gasteiger partial charge in [-0.1, -0.05) is 11.3 Å². The fraction of sp³-hybridized carbons (Fsp3) is 0.588. The van der Waals surface area contributed by atoms with Gasteiger partial charge in [0.15, 0.2) is 5.54 Å². The van der Waals surface area contributed by atoms with Gasteiger partial charge in [0, 0.05) is 0 Å². The number of hydroxylamine groups is 4. The summed E-state index contributed by atoms with van der Waals surface area (Å²) in [6.45, 7) is 12.7. The van der Waals surface area contributed by atoms with Crippen LogP contribution in [0.3, 0.4) is 0 Å². The van der Waals surface area contributed by atoms with Crippen molar-refractivity contribution in [1.82, 2.24) is 5.06 Å². The summed E-state index contributed by atoms with van der Waals surface area (Å²) in [4.78, 5) is 0. The van der Waals surface area contributed by atoms with E-state index in [0.29, 0.717) is 11.3 Å². The van der Waals surface area contributed by atoms with Crippen LogP contribution in [-0.2, 0) is 5.21 Å². The first-order valence-corrected chi connectivity index (χ1v) is 7.73. The van der Waals surface area contributed by atoms with Crippen LogP contribution >= 0.6 is 0 Å². The van der Waals surface area contributed by atoms with E-state index in [-0.39, 0.29) is 5.84 Å². The molecule has 0 spiro atoms. The Bertz CT molecular complexity index is 645. The Morgan fingerprint density at radius 3 is 2.22 bits per heavy atom. The topological polar surface area (TPSA) is 72.7 Å². The van der Waals surface area contributed by atoms with Crippen molar-refractivity contribution in [1.29, 1.82) is 0 Å². The Balaban J connectivity index is 2.54. The number of benzene rings is 1. The van der Waals surface area contributed by atoms with Crippen molar-refractivity contribution in [2.45, 2.75) is 65.1 Å². The Hall–Kier alpha value is -1.79. The van der Waals surface area contributed by atoms with Crippen LogP contribution in [0.5, 0.6) is 0 Å². The smallest absolute Gasteiger partial charge is 0.313 e. The van der Waals surface area contributed by atoms with E-state index in [0.717, 1.165) is 14.9 Å². The van der Waals surface area contributed by atoms with E-state index >= 15 is 0 Å². The van der Waals surface area contributed by atoms with Crippen LogP contribution in [0, 0.1) is 5.21 Å². The van der Waals surface area contributed by atoms with Gasteiger partial charge in [0.2, 0.25) is 0 Å². The third kappa shape index (κ3) is 2.56. The molecule has 1 heterocycles. The molecule has 0 unspecified atom stereocenters. The summed E-state index contributed by atoms with van der Waals surface area (Å²) < 4.78 is 0.818. The van der Waals surface area contributed by atoms with Gasteiger partial charge in [0.05, 0.1) is 16.8 Å². The molecule has 1 radical (unpaired) electrons. The summed E-state index contributed by atoms with van der Waals surface area (Å²) in [6.07, 6.45) is 0. The lowest BCUT2D eigenvalue weighted by Gasteiger charge is -2.33. The highest BCUT2D eigenvalue weighted by Gasteiger charge is 2.58. The molecule has 127 valence electrons. The van der Waals surface area contributed by atoms with Gasteiger partial charge in [0.25, 0.3) is 0 Å². The molecule has 1 aromatic carbocycles. The molecule has 0 saturated heterocycles. The van der Waals surface area contributed by atoms with Crippen LogP contribution in [0.4, 0.5) is 5.69 Å². The largest absolute Gasteiger partial charge is 0.714 e. The summed E-state index contributed by atoms with van der Waals surface area (Å²) in [5.41, 5.74) is -1.20. The second-order valence-corrected chi connectivity index (χ2v) is 8.06. The maximum Gasteiger partial charge on any atom is 0.313 e. The number of hydrogen-bond donors (Lipinski definition) is 1. The normalized spacial score (nSPS) is 20.1. The van der Waals surface area contributed by atoms with E-state index in [9.17, 15) is 15.6 Å². The molecule has 1 aromatic rings. The third-order valence-electron chi connectivity index (χ3n) is 4.88. The van der Waals surface area contributed by atoms with Crippen LogP contribution in [0.2, 0.25) is 0 Å². The molecule has 2 rings (SSSR count). The predicted molar refractivity (Wildman–Crippen MR) is 88.9 cm³/mol. The maximum atomic E-state index is 12.7. The van der Waals surface area contributed by atoms with Gasteiger partial charge >= 0.3 is 5.84 Å². The highest BCUT2D eigenvalue weighted by Crippen LogP contribution is 2.37. The summed E-state index contributed by atoms with van der Waals surface area (Å²) in [5, 5.41) is 37.5. The third-order valence-corrected chi connectivity index (χ3v) is 4.88. The number of nitrogens with zero attached hydrogens (tertiary/aromatic N) is 3. The van der Waals surface area contributed by atoms with Gasteiger partial charge in [-0.3, -0.25) is 4.74 Å². The van der Waals surface area contributed by atoms with Gasteiger partial charge < -0.3 is 5.21 Å². The van der Waals surface area contributed by atoms with Crippen molar-refractivity contribution in [3.8, 4) is 0 Å². The number of amidine groups is 1. The standard InChI is InChI=1S/C17H26N3O3/c1-15(2,3)18(21)13-10-8-9-12(11-13)14-19(22)16(4,5)17(6,7)20(14)23/h8-11,22H,1-7H3. The molecule has 0 atom stereocenters. The molecule has 0 bridgehead atoms. The highest BCUT2D eigenvalue weighted by molar-refractivity contribution is 5.96. The minimum absolute atomic E-state index is 0.157. The number of rotatable bonds is 2. The fourth-order valence-electron chi connectivity index (χ4n) is 2.52. The van der Waals surface area contributed by atoms with Crippen LogP contribution < -0.4 is 5.06 Å². The minimum Gasteiger partial charge on any atom is -0.714 e. The SMILES string of the molecule is CC(C)(C)N([O])c1cccc(C2=[N+]([O-])C(C)(C)C(C)(C)N2O)c1. The molecular weight excluding hydrogens is 294 g/mol. The average molecular weight is 320 g/mol. The first kappa shape index (κ1) is 17.6.